The van der Waals surface area contributed by atoms with Crippen LogP contribution in [0, 0.1) is 6.92 Å². The number of benzene rings is 3. The van der Waals surface area contributed by atoms with E-state index in [-0.39, 0.29) is 11.9 Å². The van der Waals surface area contributed by atoms with E-state index in [1.807, 2.05) is 55.5 Å². The Balaban J connectivity index is 1.77. The molecule has 4 heteroatoms. The summed E-state index contributed by atoms with van der Waals surface area (Å²) in [6.07, 6.45) is 0.818. The topological polar surface area (TPSA) is 29.1 Å². The third-order valence-corrected chi connectivity index (χ3v) is 5.19. The van der Waals surface area contributed by atoms with E-state index in [9.17, 15) is 4.79 Å². The van der Waals surface area contributed by atoms with E-state index in [0.717, 1.165) is 22.3 Å². The zero-order valence-corrected chi connectivity index (χ0v) is 16.6. The molecule has 27 heavy (non-hydrogen) atoms. The van der Waals surface area contributed by atoms with Gasteiger partial charge in [-0.05, 0) is 42.2 Å². The molecule has 0 aliphatic carbocycles. The largest absolute Gasteiger partial charge is 0.345 e. The van der Waals surface area contributed by atoms with Crippen LogP contribution in [0.3, 0.4) is 0 Å². The summed E-state index contributed by atoms with van der Waals surface area (Å²) in [5.74, 6) is -0.0404. The number of hydrogen-bond acceptors (Lipinski definition) is 1. The standard InChI is InChI=1S/C23H21Cl2NO/c1-16-7-5-10-18(15-16)23(17-8-3-2-4-9-17)26-22(27)14-13-19-20(24)11-6-12-21(19)25/h2-12,15,23H,13-14H2,1H3,(H,26,27)/t23-/m1/s1. The Morgan fingerprint density at radius 3 is 2.19 bits per heavy atom. The average Bonchev–Trinajstić information content (AvgIpc) is 2.66. The Labute approximate surface area is 170 Å². The second kappa shape index (κ2) is 9.07. The van der Waals surface area contributed by atoms with Crippen molar-refractivity contribution in [1.29, 1.82) is 0 Å². The summed E-state index contributed by atoms with van der Waals surface area (Å²) in [7, 11) is 0. The van der Waals surface area contributed by atoms with Crippen LogP contribution >= 0.6 is 23.2 Å². The molecule has 138 valence electrons. The predicted octanol–water partition coefficient (Wildman–Crippen LogP) is 6.14. The molecule has 0 aliphatic heterocycles. The van der Waals surface area contributed by atoms with E-state index in [1.54, 1.807) is 18.2 Å². The van der Waals surface area contributed by atoms with Crippen molar-refractivity contribution in [1.82, 2.24) is 5.32 Å². The first-order chi connectivity index (χ1) is 13.0. The first-order valence-electron chi connectivity index (χ1n) is 8.88. The van der Waals surface area contributed by atoms with E-state index < -0.39 is 0 Å². The van der Waals surface area contributed by atoms with Crippen LogP contribution in [0.15, 0.2) is 72.8 Å². The van der Waals surface area contributed by atoms with E-state index in [0.29, 0.717) is 22.9 Å². The molecule has 0 bridgehead atoms. The van der Waals surface area contributed by atoms with Crippen molar-refractivity contribution in [2.75, 3.05) is 0 Å². The third-order valence-electron chi connectivity index (χ3n) is 4.48. The molecule has 0 aromatic heterocycles. The predicted molar refractivity (Wildman–Crippen MR) is 112 cm³/mol. The van der Waals surface area contributed by atoms with Crippen LogP contribution in [0.2, 0.25) is 10.0 Å². The van der Waals surface area contributed by atoms with Gasteiger partial charge in [-0.25, -0.2) is 0 Å². The van der Waals surface area contributed by atoms with E-state index in [2.05, 4.69) is 11.4 Å². The fourth-order valence-corrected chi connectivity index (χ4v) is 3.68. The summed E-state index contributed by atoms with van der Waals surface area (Å²) in [6.45, 7) is 2.05. The fourth-order valence-electron chi connectivity index (χ4n) is 3.10. The van der Waals surface area contributed by atoms with Crippen molar-refractivity contribution in [2.45, 2.75) is 25.8 Å². The number of aryl methyl sites for hydroxylation is 1. The van der Waals surface area contributed by atoms with E-state index >= 15 is 0 Å². The maximum Gasteiger partial charge on any atom is 0.221 e. The van der Waals surface area contributed by atoms with Crippen molar-refractivity contribution in [2.24, 2.45) is 0 Å². The molecule has 1 amide bonds. The summed E-state index contributed by atoms with van der Waals surface area (Å²) in [4.78, 5) is 12.7. The Bertz CT molecular complexity index is 904. The van der Waals surface area contributed by atoms with Crippen molar-refractivity contribution < 1.29 is 4.79 Å². The summed E-state index contributed by atoms with van der Waals surface area (Å²) >= 11 is 12.4. The van der Waals surface area contributed by atoms with Crippen LogP contribution in [0.1, 0.15) is 34.7 Å². The highest BCUT2D eigenvalue weighted by Gasteiger charge is 2.17. The van der Waals surface area contributed by atoms with Gasteiger partial charge in [-0.1, -0.05) is 89.4 Å². The van der Waals surface area contributed by atoms with Gasteiger partial charge >= 0.3 is 0 Å². The number of carbonyl (C=O) groups excluding carboxylic acids is 1. The van der Waals surface area contributed by atoms with Gasteiger partial charge in [0.05, 0.1) is 6.04 Å². The Kier molecular flexibility index (Phi) is 6.54. The summed E-state index contributed by atoms with van der Waals surface area (Å²) in [5, 5.41) is 4.34. The van der Waals surface area contributed by atoms with Crippen LogP contribution in [0.4, 0.5) is 0 Å². The number of nitrogens with one attached hydrogen (secondary N) is 1. The molecule has 1 N–H and O–H groups in total. The first-order valence-corrected chi connectivity index (χ1v) is 9.64. The first kappa shape index (κ1) is 19.5. The summed E-state index contributed by atoms with van der Waals surface area (Å²) in [5.41, 5.74) is 4.07. The minimum absolute atomic E-state index is 0.0404. The molecule has 0 aliphatic rings. The molecule has 0 unspecified atom stereocenters. The van der Waals surface area contributed by atoms with Gasteiger partial charge in [0.1, 0.15) is 0 Å². The van der Waals surface area contributed by atoms with Gasteiger partial charge in [0.15, 0.2) is 0 Å². The molecule has 0 fully saturated rings. The lowest BCUT2D eigenvalue weighted by Gasteiger charge is -2.20. The Hall–Kier alpha value is -2.29. The molecular formula is C23H21Cl2NO. The minimum atomic E-state index is -0.194. The normalized spacial score (nSPS) is 11.8. The van der Waals surface area contributed by atoms with Crippen molar-refractivity contribution in [3.05, 3.63) is 105 Å². The molecule has 0 heterocycles. The number of carbonyl (C=O) groups is 1. The fraction of sp³-hybridized carbons (Fsp3) is 0.174. The lowest BCUT2D eigenvalue weighted by atomic mass is 9.97. The maximum absolute atomic E-state index is 12.7. The summed E-state index contributed by atoms with van der Waals surface area (Å²) < 4.78 is 0. The molecule has 0 saturated carbocycles. The smallest absolute Gasteiger partial charge is 0.221 e. The van der Waals surface area contributed by atoms with Gasteiger partial charge in [0.2, 0.25) is 5.91 Å². The third kappa shape index (κ3) is 5.12. The van der Waals surface area contributed by atoms with E-state index in [4.69, 9.17) is 23.2 Å². The second-order valence-electron chi connectivity index (χ2n) is 6.53. The highest BCUT2D eigenvalue weighted by Crippen LogP contribution is 2.26. The molecular weight excluding hydrogens is 377 g/mol. The Morgan fingerprint density at radius 2 is 1.52 bits per heavy atom. The molecule has 3 aromatic rings. The van der Waals surface area contributed by atoms with Gasteiger partial charge in [0, 0.05) is 16.5 Å². The Morgan fingerprint density at radius 1 is 0.889 bits per heavy atom. The highest BCUT2D eigenvalue weighted by molar-refractivity contribution is 6.36. The average molecular weight is 398 g/mol. The van der Waals surface area contributed by atoms with Gasteiger partial charge in [-0.15, -0.1) is 0 Å². The van der Waals surface area contributed by atoms with Crippen LogP contribution in [-0.2, 0) is 11.2 Å². The molecule has 0 saturated heterocycles. The van der Waals surface area contributed by atoms with Gasteiger partial charge < -0.3 is 5.32 Å². The highest BCUT2D eigenvalue weighted by atomic mass is 35.5. The molecule has 2 nitrogen and oxygen atoms in total. The molecule has 3 rings (SSSR count). The van der Waals surface area contributed by atoms with Crippen molar-refractivity contribution in [3.63, 3.8) is 0 Å². The maximum atomic E-state index is 12.7. The SMILES string of the molecule is Cc1cccc([C@H](NC(=O)CCc2c(Cl)cccc2Cl)c2ccccc2)c1. The minimum Gasteiger partial charge on any atom is -0.345 e. The van der Waals surface area contributed by atoms with Crippen LogP contribution in [0.5, 0.6) is 0 Å². The lowest BCUT2D eigenvalue weighted by molar-refractivity contribution is -0.121. The van der Waals surface area contributed by atoms with Crippen molar-refractivity contribution >= 4 is 29.1 Å². The van der Waals surface area contributed by atoms with Crippen LogP contribution < -0.4 is 5.32 Å². The van der Waals surface area contributed by atoms with Gasteiger partial charge in [-0.3, -0.25) is 4.79 Å². The molecule has 1 atom stereocenters. The molecule has 0 radical (unpaired) electrons. The molecule has 3 aromatic carbocycles. The summed E-state index contributed by atoms with van der Waals surface area (Å²) in [6, 6.07) is 23.4. The lowest BCUT2D eigenvalue weighted by Crippen LogP contribution is -2.29. The monoisotopic (exact) mass is 397 g/mol. The second-order valence-corrected chi connectivity index (χ2v) is 7.34. The quantitative estimate of drug-likeness (QED) is 0.531. The number of hydrogen-bond donors (Lipinski definition) is 1. The number of amides is 1. The molecule has 0 spiro atoms. The zero-order chi connectivity index (χ0) is 19.2. The van der Waals surface area contributed by atoms with Crippen molar-refractivity contribution in [3.8, 4) is 0 Å². The van der Waals surface area contributed by atoms with Gasteiger partial charge in [0.25, 0.3) is 0 Å². The zero-order valence-electron chi connectivity index (χ0n) is 15.1. The van der Waals surface area contributed by atoms with E-state index in [1.165, 1.54) is 0 Å². The number of halogens is 2. The van der Waals surface area contributed by atoms with Gasteiger partial charge in [-0.2, -0.15) is 0 Å². The number of rotatable bonds is 6. The van der Waals surface area contributed by atoms with Crippen LogP contribution in [0.25, 0.3) is 0 Å². The van der Waals surface area contributed by atoms with Crippen LogP contribution in [-0.4, -0.2) is 5.91 Å².